The number of nitrogens with zero attached hydrogens (tertiary/aromatic N) is 1. The van der Waals surface area contributed by atoms with Crippen LogP contribution in [0.1, 0.15) is 0 Å². The van der Waals surface area contributed by atoms with Gasteiger partial charge in [0, 0.05) is 33.9 Å². The molecule has 42 valence electrons. The minimum Gasteiger partial charge on any atom is -0.512 e. The quantitative estimate of drug-likeness (QED) is 0.349. The highest BCUT2D eigenvalue weighted by Gasteiger charge is 2.03. The lowest BCUT2D eigenvalue weighted by Crippen LogP contribution is -1.74. The van der Waals surface area contributed by atoms with E-state index in [1.807, 2.05) is 0 Å². The van der Waals surface area contributed by atoms with Gasteiger partial charge >= 0.3 is 0 Å². The molecule has 0 aromatic carbocycles. The molecule has 0 radical (unpaired) electrons. The van der Waals surface area contributed by atoms with Crippen LogP contribution >= 0.6 is 7.26 Å². The van der Waals surface area contributed by atoms with Gasteiger partial charge in [0.1, 0.15) is 0 Å². The Balaban J connectivity index is 0. The SMILES string of the molecule is C[P+](C)(C)C.[C-]#N. The van der Waals surface area contributed by atoms with Gasteiger partial charge in [0.25, 0.3) is 0 Å². The largest absolute Gasteiger partial charge is 0.512 e. The Kier molecular flexibility index (Phi) is 5.85. The fourth-order valence-electron chi connectivity index (χ4n) is 0. The summed E-state index contributed by atoms with van der Waals surface area (Å²) in [6.45, 7) is 13.9. The van der Waals surface area contributed by atoms with E-state index in [9.17, 15) is 0 Å². The van der Waals surface area contributed by atoms with Crippen molar-refractivity contribution in [3.63, 3.8) is 0 Å². The van der Waals surface area contributed by atoms with Gasteiger partial charge in [0.05, 0.1) is 0 Å². The summed E-state index contributed by atoms with van der Waals surface area (Å²) >= 11 is 0. The zero-order valence-corrected chi connectivity index (χ0v) is 6.29. The van der Waals surface area contributed by atoms with Crippen molar-refractivity contribution < 1.29 is 0 Å². The van der Waals surface area contributed by atoms with Gasteiger partial charge in [0.2, 0.25) is 0 Å². The van der Waals surface area contributed by atoms with E-state index < -0.39 is 0 Å². The minimum atomic E-state index is -0.389. The predicted molar refractivity (Wildman–Crippen MR) is 35.6 cm³/mol. The lowest BCUT2D eigenvalue weighted by Gasteiger charge is -1.97. The van der Waals surface area contributed by atoms with Crippen LogP contribution in [-0.4, -0.2) is 26.7 Å². The van der Waals surface area contributed by atoms with E-state index in [0.717, 1.165) is 0 Å². The van der Waals surface area contributed by atoms with Crippen LogP contribution < -0.4 is 0 Å². The van der Waals surface area contributed by atoms with E-state index in [2.05, 4.69) is 26.7 Å². The smallest absolute Gasteiger partial charge is 0.0481 e. The van der Waals surface area contributed by atoms with Crippen molar-refractivity contribution >= 4 is 7.26 Å². The molecule has 0 saturated heterocycles. The molecule has 0 aliphatic heterocycles. The molecule has 0 N–H and O–H groups in total. The second kappa shape index (κ2) is 4.09. The van der Waals surface area contributed by atoms with Crippen molar-refractivity contribution in [2.75, 3.05) is 26.7 Å². The van der Waals surface area contributed by atoms with Gasteiger partial charge in [-0.15, -0.1) is 0 Å². The molecular weight excluding hydrogens is 105 g/mol. The van der Waals surface area contributed by atoms with Gasteiger partial charge in [-0.1, -0.05) is 0 Å². The van der Waals surface area contributed by atoms with Gasteiger partial charge in [-0.05, 0) is 0 Å². The van der Waals surface area contributed by atoms with Crippen LogP contribution in [0.5, 0.6) is 0 Å². The molecule has 0 amide bonds. The maximum absolute atomic E-state index is 6.25. The lowest BCUT2D eigenvalue weighted by atomic mass is 11.8. The van der Waals surface area contributed by atoms with E-state index >= 15 is 0 Å². The summed E-state index contributed by atoms with van der Waals surface area (Å²) in [5.74, 6) is 0. The number of hydrogen-bond acceptors (Lipinski definition) is 1. The van der Waals surface area contributed by atoms with Gasteiger partial charge in [-0.2, -0.15) is 0 Å². The molecule has 0 aromatic rings. The van der Waals surface area contributed by atoms with Crippen molar-refractivity contribution in [1.82, 2.24) is 0 Å². The van der Waals surface area contributed by atoms with Crippen molar-refractivity contribution in [2.45, 2.75) is 0 Å². The second-order valence-corrected chi connectivity index (χ2v) is 8.05. The fourth-order valence-corrected chi connectivity index (χ4v) is 0. The molecule has 0 aliphatic rings. The first-order chi connectivity index (χ1) is 3.00. The molecule has 0 rings (SSSR count). The highest BCUT2D eigenvalue weighted by molar-refractivity contribution is 7.72. The standard InChI is InChI=1S/C4H12P.CN/c1-5(2,3)4;1-2/h1-4H3;/q+1;-1. The summed E-state index contributed by atoms with van der Waals surface area (Å²) in [7, 11) is -0.389. The fraction of sp³-hybridized carbons (Fsp3) is 0.800. The normalized spacial score (nSPS) is 8.86. The molecule has 0 saturated carbocycles. The van der Waals surface area contributed by atoms with Crippen molar-refractivity contribution in [2.24, 2.45) is 0 Å². The van der Waals surface area contributed by atoms with Gasteiger partial charge in [0.15, 0.2) is 0 Å². The van der Waals surface area contributed by atoms with E-state index in [1.54, 1.807) is 0 Å². The van der Waals surface area contributed by atoms with Crippen LogP contribution in [-0.2, 0) is 0 Å². The predicted octanol–water partition coefficient (Wildman–Crippen LogP) is 1.62. The third-order valence-corrected chi connectivity index (χ3v) is 0. The molecule has 0 heterocycles. The molecule has 0 aromatic heterocycles. The highest BCUT2D eigenvalue weighted by atomic mass is 31.2. The summed E-state index contributed by atoms with van der Waals surface area (Å²) in [4.78, 5) is 0. The number of hydrogen-bond donors (Lipinski definition) is 0. The Hall–Kier alpha value is -0.0800. The first kappa shape index (κ1) is 10.0. The summed E-state index contributed by atoms with van der Waals surface area (Å²) < 4.78 is 0. The van der Waals surface area contributed by atoms with Gasteiger partial charge in [-0.25, -0.2) is 0 Å². The summed E-state index contributed by atoms with van der Waals surface area (Å²) in [5.41, 5.74) is 0. The summed E-state index contributed by atoms with van der Waals surface area (Å²) in [6, 6.07) is 0. The Morgan fingerprint density at radius 1 is 1.00 bits per heavy atom. The zero-order valence-electron chi connectivity index (χ0n) is 5.39. The van der Waals surface area contributed by atoms with E-state index in [-0.39, 0.29) is 7.26 Å². The van der Waals surface area contributed by atoms with Crippen LogP contribution in [0.25, 0.3) is 0 Å². The Bertz CT molecular complexity index is 44.8. The van der Waals surface area contributed by atoms with Gasteiger partial charge < -0.3 is 11.8 Å². The molecule has 2 heteroatoms. The number of rotatable bonds is 0. The molecule has 0 aliphatic carbocycles. The Labute approximate surface area is 46.7 Å². The second-order valence-electron chi connectivity index (χ2n) is 2.68. The summed E-state index contributed by atoms with van der Waals surface area (Å²) in [5, 5.41) is 6.25. The van der Waals surface area contributed by atoms with E-state index in [0.29, 0.717) is 0 Å². The molecule has 7 heavy (non-hydrogen) atoms. The molecule has 0 fully saturated rings. The van der Waals surface area contributed by atoms with Crippen LogP contribution in [0.15, 0.2) is 0 Å². The Morgan fingerprint density at radius 2 is 1.00 bits per heavy atom. The molecule has 0 spiro atoms. The van der Waals surface area contributed by atoms with Crippen molar-refractivity contribution in [3.05, 3.63) is 6.57 Å². The van der Waals surface area contributed by atoms with Crippen LogP contribution in [0.4, 0.5) is 0 Å². The van der Waals surface area contributed by atoms with Crippen LogP contribution in [0, 0.1) is 11.8 Å². The highest BCUT2D eigenvalue weighted by Crippen LogP contribution is 2.40. The monoisotopic (exact) mass is 117 g/mol. The van der Waals surface area contributed by atoms with Crippen LogP contribution in [0.2, 0.25) is 0 Å². The molecular formula is C5H12NP. The van der Waals surface area contributed by atoms with Crippen molar-refractivity contribution in [3.8, 4) is 0 Å². The third-order valence-electron chi connectivity index (χ3n) is 0. The Morgan fingerprint density at radius 3 is 1.00 bits per heavy atom. The first-order valence-electron chi connectivity index (χ1n) is 2.01. The maximum atomic E-state index is 6.25. The summed E-state index contributed by atoms with van der Waals surface area (Å²) in [6.07, 6.45) is 0. The average molecular weight is 117 g/mol. The van der Waals surface area contributed by atoms with Gasteiger partial charge in [-0.3, -0.25) is 0 Å². The molecule has 0 bridgehead atoms. The van der Waals surface area contributed by atoms with Crippen molar-refractivity contribution in [1.29, 1.82) is 5.26 Å². The first-order valence-corrected chi connectivity index (χ1v) is 5.59. The molecule has 0 unspecified atom stereocenters. The maximum Gasteiger partial charge on any atom is 0.0481 e. The van der Waals surface area contributed by atoms with E-state index in [4.69, 9.17) is 11.8 Å². The average Bonchev–Trinajstić information content (AvgIpc) is 1.36. The molecule has 1 nitrogen and oxygen atoms in total. The lowest BCUT2D eigenvalue weighted by molar-refractivity contribution is 1.53. The molecule has 0 atom stereocenters. The topological polar surface area (TPSA) is 23.8 Å². The minimum absolute atomic E-state index is 0.389. The van der Waals surface area contributed by atoms with Crippen LogP contribution in [0.3, 0.4) is 0 Å². The zero-order chi connectivity index (χ0) is 6.50. The van der Waals surface area contributed by atoms with E-state index in [1.165, 1.54) is 0 Å². The third kappa shape index (κ3) is 14200.